The highest BCUT2D eigenvalue weighted by Crippen LogP contribution is 2.42. The molecule has 0 aliphatic carbocycles. The molecule has 7 aromatic rings. The van der Waals surface area contributed by atoms with Crippen LogP contribution in [0, 0.1) is 5.82 Å². The third kappa shape index (κ3) is 2.99. The maximum atomic E-state index is 15.8. The standard InChI is InChI=1S/C33H23BFN/c1-34(2)26-19-27(35)25-17-16-23-15-14-22-13-12-21-11-10-20-7-3-4-8-24(20)29(21)30(22)31(23)32(25)33(26)28-9-5-6-18-36-28/h3-19H,1-2H3. The van der Waals surface area contributed by atoms with Gasteiger partial charge in [-0.15, -0.1) is 0 Å². The number of fused-ring (bicyclic) bond motifs is 9. The van der Waals surface area contributed by atoms with Gasteiger partial charge in [-0.25, -0.2) is 4.39 Å². The summed E-state index contributed by atoms with van der Waals surface area (Å²) in [5.41, 5.74) is 2.88. The molecule has 0 unspecified atom stereocenters. The summed E-state index contributed by atoms with van der Waals surface area (Å²) in [6.07, 6.45) is 1.82. The SMILES string of the molecule is CB(C)c1cc(F)c2ccc3ccc4ccc5ccc6ccccc6c5c4c3c2c1-c1ccccn1. The van der Waals surface area contributed by atoms with Crippen molar-refractivity contribution in [3.8, 4) is 11.3 Å². The summed E-state index contributed by atoms with van der Waals surface area (Å²) >= 11 is 0. The molecule has 0 spiro atoms. The number of nitrogens with zero attached hydrogens (tertiary/aromatic N) is 1. The van der Waals surface area contributed by atoms with E-state index in [2.05, 4.69) is 80.4 Å². The van der Waals surface area contributed by atoms with Gasteiger partial charge in [-0.05, 0) is 61.3 Å². The Bertz CT molecular complexity index is 1970. The van der Waals surface area contributed by atoms with Crippen molar-refractivity contribution in [2.24, 2.45) is 0 Å². The van der Waals surface area contributed by atoms with Gasteiger partial charge in [0.15, 0.2) is 6.71 Å². The zero-order valence-corrected chi connectivity index (χ0v) is 20.2. The monoisotopic (exact) mass is 463 g/mol. The van der Waals surface area contributed by atoms with Crippen LogP contribution in [0.4, 0.5) is 4.39 Å². The van der Waals surface area contributed by atoms with Crippen LogP contribution in [-0.2, 0) is 0 Å². The molecule has 0 atom stereocenters. The predicted molar refractivity (Wildman–Crippen MR) is 154 cm³/mol. The molecule has 1 aromatic heterocycles. The van der Waals surface area contributed by atoms with Crippen molar-refractivity contribution in [3.63, 3.8) is 0 Å². The average molecular weight is 463 g/mol. The molecule has 0 saturated carbocycles. The fourth-order valence-corrected chi connectivity index (χ4v) is 5.86. The van der Waals surface area contributed by atoms with E-state index < -0.39 is 0 Å². The lowest BCUT2D eigenvalue weighted by Crippen LogP contribution is -2.26. The van der Waals surface area contributed by atoms with E-state index in [0.717, 1.165) is 38.3 Å². The fraction of sp³-hybridized carbons (Fsp3) is 0.0606. The van der Waals surface area contributed by atoms with E-state index in [9.17, 15) is 0 Å². The molecule has 6 aromatic carbocycles. The zero-order valence-electron chi connectivity index (χ0n) is 20.2. The first-order valence-corrected chi connectivity index (χ1v) is 12.5. The zero-order chi connectivity index (χ0) is 24.4. The van der Waals surface area contributed by atoms with Crippen LogP contribution < -0.4 is 5.46 Å². The second kappa shape index (κ2) is 7.89. The largest absolute Gasteiger partial charge is 0.256 e. The molecule has 3 heteroatoms. The summed E-state index contributed by atoms with van der Waals surface area (Å²) in [4.78, 5) is 4.75. The highest BCUT2D eigenvalue weighted by molar-refractivity contribution is 6.72. The van der Waals surface area contributed by atoms with E-state index in [-0.39, 0.29) is 12.5 Å². The smallest absolute Gasteiger partial charge is 0.170 e. The lowest BCUT2D eigenvalue weighted by atomic mass is 9.48. The van der Waals surface area contributed by atoms with Crippen LogP contribution in [0.15, 0.2) is 103 Å². The fourth-order valence-electron chi connectivity index (χ4n) is 5.86. The van der Waals surface area contributed by atoms with Crippen molar-refractivity contribution in [1.29, 1.82) is 0 Å². The van der Waals surface area contributed by atoms with Crippen LogP contribution >= 0.6 is 0 Å². The summed E-state index contributed by atoms with van der Waals surface area (Å²) in [7, 11) is 0. The number of benzene rings is 6. The van der Waals surface area contributed by atoms with Gasteiger partial charge < -0.3 is 0 Å². The molecule has 0 aliphatic rings. The minimum absolute atomic E-state index is 0.142. The Morgan fingerprint density at radius 2 is 1.19 bits per heavy atom. The van der Waals surface area contributed by atoms with Gasteiger partial charge in [-0.2, -0.15) is 0 Å². The molecule has 1 nitrogen and oxygen atoms in total. The van der Waals surface area contributed by atoms with Crippen molar-refractivity contribution < 1.29 is 4.39 Å². The first kappa shape index (κ1) is 21.1. The second-order valence-corrected chi connectivity index (χ2v) is 9.89. The van der Waals surface area contributed by atoms with E-state index in [1.54, 1.807) is 6.07 Å². The van der Waals surface area contributed by atoms with Crippen LogP contribution in [0.25, 0.3) is 65.1 Å². The quantitative estimate of drug-likeness (QED) is 0.185. The molecule has 7 rings (SSSR count). The van der Waals surface area contributed by atoms with Crippen LogP contribution in [0.1, 0.15) is 0 Å². The van der Waals surface area contributed by atoms with Crippen LogP contribution in [0.2, 0.25) is 13.6 Å². The number of rotatable bonds is 2. The lowest BCUT2D eigenvalue weighted by molar-refractivity contribution is 0.641. The van der Waals surface area contributed by atoms with E-state index in [0.29, 0.717) is 5.39 Å². The van der Waals surface area contributed by atoms with E-state index >= 15 is 4.39 Å². The summed E-state index contributed by atoms with van der Waals surface area (Å²) in [6.45, 7) is 4.39. The van der Waals surface area contributed by atoms with Crippen molar-refractivity contribution in [3.05, 3.63) is 109 Å². The first-order valence-electron chi connectivity index (χ1n) is 12.5. The van der Waals surface area contributed by atoms with Crippen LogP contribution in [-0.4, -0.2) is 11.7 Å². The Balaban J connectivity index is 1.85. The van der Waals surface area contributed by atoms with Gasteiger partial charge in [-0.3, -0.25) is 4.98 Å². The molecule has 170 valence electrons. The minimum Gasteiger partial charge on any atom is -0.256 e. The van der Waals surface area contributed by atoms with E-state index in [4.69, 9.17) is 4.98 Å². The summed E-state index contributed by atoms with van der Waals surface area (Å²) in [6, 6.07) is 33.3. The minimum atomic E-state index is -0.183. The molecule has 36 heavy (non-hydrogen) atoms. The molecular weight excluding hydrogens is 440 g/mol. The molecule has 0 N–H and O–H groups in total. The number of pyridine rings is 1. The van der Waals surface area contributed by atoms with Crippen molar-refractivity contribution in [2.75, 3.05) is 0 Å². The molecular formula is C33H23BFN. The summed E-state index contributed by atoms with van der Waals surface area (Å²) in [5.74, 6) is -0.183. The molecule has 0 bridgehead atoms. The summed E-state index contributed by atoms with van der Waals surface area (Å²) in [5, 5.41) is 10.9. The van der Waals surface area contributed by atoms with Gasteiger partial charge in [0.1, 0.15) is 5.82 Å². The topological polar surface area (TPSA) is 12.9 Å². The molecule has 0 fully saturated rings. The Morgan fingerprint density at radius 3 is 1.89 bits per heavy atom. The second-order valence-electron chi connectivity index (χ2n) is 9.89. The third-order valence-corrected chi connectivity index (χ3v) is 7.49. The van der Waals surface area contributed by atoms with Gasteiger partial charge in [-0.1, -0.05) is 98.0 Å². The lowest BCUT2D eigenvalue weighted by Gasteiger charge is -2.19. The highest BCUT2D eigenvalue weighted by Gasteiger charge is 2.21. The van der Waals surface area contributed by atoms with E-state index in [1.165, 1.54) is 26.9 Å². The molecule has 0 amide bonds. The molecule has 0 radical (unpaired) electrons. The number of hydrogen-bond donors (Lipinski definition) is 0. The highest BCUT2D eigenvalue weighted by atomic mass is 19.1. The predicted octanol–water partition coefficient (Wildman–Crippen LogP) is 8.62. The van der Waals surface area contributed by atoms with Crippen LogP contribution in [0.3, 0.4) is 0 Å². The van der Waals surface area contributed by atoms with Gasteiger partial charge in [0.2, 0.25) is 0 Å². The first-order chi connectivity index (χ1) is 17.6. The average Bonchev–Trinajstić information content (AvgIpc) is 2.92. The Morgan fingerprint density at radius 1 is 0.583 bits per heavy atom. The molecule has 0 aliphatic heterocycles. The van der Waals surface area contributed by atoms with Crippen molar-refractivity contribution >= 4 is 66.0 Å². The number of halogens is 1. The Hall–Kier alpha value is -4.24. The maximum Gasteiger partial charge on any atom is 0.170 e. The van der Waals surface area contributed by atoms with Crippen LogP contribution in [0.5, 0.6) is 0 Å². The van der Waals surface area contributed by atoms with Gasteiger partial charge >= 0.3 is 0 Å². The van der Waals surface area contributed by atoms with Gasteiger partial charge in [0, 0.05) is 22.5 Å². The molecule has 1 heterocycles. The maximum absolute atomic E-state index is 15.8. The Labute approximate surface area is 209 Å². The number of aromatic nitrogens is 1. The van der Waals surface area contributed by atoms with Crippen molar-refractivity contribution in [2.45, 2.75) is 13.6 Å². The van der Waals surface area contributed by atoms with Gasteiger partial charge in [0.25, 0.3) is 0 Å². The van der Waals surface area contributed by atoms with E-state index in [1.807, 2.05) is 30.5 Å². The normalized spacial score (nSPS) is 11.8. The van der Waals surface area contributed by atoms with Gasteiger partial charge in [0.05, 0.1) is 5.69 Å². The Kier molecular flexibility index (Phi) is 4.62. The third-order valence-electron chi connectivity index (χ3n) is 7.49. The molecule has 0 saturated heterocycles. The summed E-state index contributed by atoms with van der Waals surface area (Å²) < 4.78 is 15.8. The van der Waals surface area contributed by atoms with Crippen molar-refractivity contribution in [1.82, 2.24) is 4.98 Å². The number of hydrogen-bond acceptors (Lipinski definition) is 1.